The van der Waals surface area contributed by atoms with E-state index < -0.39 is 0 Å². The van der Waals surface area contributed by atoms with Crippen LogP contribution < -0.4 is 5.73 Å². The van der Waals surface area contributed by atoms with Gasteiger partial charge in [-0.15, -0.1) is 11.3 Å². The van der Waals surface area contributed by atoms with Crippen LogP contribution >= 0.6 is 11.3 Å². The van der Waals surface area contributed by atoms with E-state index in [1.54, 1.807) is 16.0 Å². The Balaban J connectivity index is 2.27. The van der Waals surface area contributed by atoms with Crippen LogP contribution in [0.15, 0.2) is 29.6 Å². The number of anilines is 1. The molecule has 21 heavy (non-hydrogen) atoms. The summed E-state index contributed by atoms with van der Waals surface area (Å²) in [5, 5.41) is 6.74. The SMILES string of the molecule is Cc1ccc(-c2c(-c3sccc3C)nn(C)c2N)cc1C. The number of hydrogen-bond acceptors (Lipinski definition) is 3. The number of rotatable bonds is 2. The van der Waals surface area contributed by atoms with Crippen molar-refractivity contribution in [3.8, 4) is 21.7 Å². The molecule has 2 heterocycles. The van der Waals surface area contributed by atoms with Crippen molar-refractivity contribution in [2.45, 2.75) is 20.8 Å². The molecule has 0 aliphatic carbocycles. The molecule has 0 aliphatic rings. The van der Waals surface area contributed by atoms with E-state index in [1.807, 2.05) is 7.05 Å². The molecule has 0 spiro atoms. The second kappa shape index (κ2) is 5.04. The van der Waals surface area contributed by atoms with Crippen LogP contribution in [0.5, 0.6) is 0 Å². The van der Waals surface area contributed by atoms with E-state index in [0.717, 1.165) is 16.8 Å². The molecule has 108 valence electrons. The molecule has 0 amide bonds. The number of hydrogen-bond donors (Lipinski definition) is 1. The maximum absolute atomic E-state index is 6.28. The van der Waals surface area contributed by atoms with Crippen molar-refractivity contribution in [1.29, 1.82) is 0 Å². The maximum atomic E-state index is 6.28. The number of nitrogens with zero attached hydrogens (tertiary/aromatic N) is 2. The Morgan fingerprint density at radius 3 is 2.43 bits per heavy atom. The Kier molecular flexibility index (Phi) is 3.33. The van der Waals surface area contributed by atoms with E-state index in [0.29, 0.717) is 5.82 Å². The standard InChI is InChI=1S/C17H19N3S/c1-10-5-6-13(9-12(10)3)14-15(19-20(4)17(14)18)16-11(2)7-8-21-16/h5-9H,18H2,1-4H3. The maximum Gasteiger partial charge on any atom is 0.129 e. The average Bonchev–Trinajstić information content (AvgIpc) is 2.98. The zero-order chi connectivity index (χ0) is 15.1. The number of nitrogen functional groups attached to an aromatic ring is 1. The highest BCUT2D eigenvalue weighted by atomic mass is 32.1. The molecule has 0 saturated heterocycles. The fraction of sp³-hybridized carbons (Fsp3) is 0.235. The van der Waals surface area contributed by atoms with Gasteiger partial charge in [-0.25, -0.2) is 0 Å². The lowest BCUT2D eigenvalue weighted by atomic mass is 9.99. The molecule has 1 aromatic carbocycles. The largest absolute Gasteiger partial charge is 0.383 e. The zero-order valence-electron chi connectivity index (χ0n) is 12.8. The van der Waals surface area contributed by atoms with E-state index in [9.17, 15) is 0 Å². The Bertz CT molecular complexity index is 812. The lowest BCUT2D eigenvalue weighted by Gasteiger charge is -2.07. The Morgan fingerprint density at radius 2 is 1.81 bits per heavy atom. The highest BCUT2D eigenvalue weighted by Crippen LogP contribution is 2.39. The van der Waals surface area contributed by atoms with Gasteiger partial charge in [0.1, 0.15) is 11.5 Å². The average molecular weight is 297 g/mol. The van der Waals surface area contributed by atoms with Gasteiger partial charge in [0.25, 0.3) is 0 Å². The molecule has 3 nitrogen and oxygen atoms in total. The van der Waals surface area contributed by atoms with Crippen molar-refractivity contribution in [3.05, 3.63) is 46.3 Å². The summed E-state index contributed by atoms with van der Waals surface area (Å²) in [7, 11) is 1.90. The highest BCUT2D eigenvalue weighted by molar-refractivity contribution is 7.13. The van der Waals surface area contributed by atoms with Gasteiger partial charge in [0.05, 0.1) is 10.4 Å². The van der Waals surface area contributed by atoms with Crippen molar-refractivity contribution in [2.24, 2.45) is 7.05 Å². The number of benzene rings is 1. The number of aromatic nitrogens is 2. The predicted molar refractivity (Wildman–Crippen MR) is 90.6 cm³/mol. The van der Waals surface area contributed by atoms with Crippen LogP contribution in [0, 0.1) is 20.8 Å². The van der Waals surface area contributed by atoms with Crippen molar-refractivity contribution < 1.29 is 0 Å². The van der Waals surface area contributed by atoms with E-state index >= 15 is 0 Å². The van der Waals surface area contributed by atoms with Crippen molar-refractivity contribution in [2.75, 3.05) is 5.73 Å². The first-order valence-electron chi connectivity index (χ1n) is 6.93. The minimum absolute atomic E-state index is 0.709. The van der Waals surface area contributed by atoms with Crippen molar-refractivity contribution >= 4 is 17.2 Å². The van der Waals surface area contributed by atoms with Gasteiger partial charge in [0.2, 0.25) is 0 Å². The molecule has 0 bridgehead atoms. The summed E-state index contributed by atoms with van der Waals surface area (Å²) in [6, 6.07) is 8.58. The van der Waals surface area contributed by atoms with Gasteiger partial charge in [0, 0.05) is 7.05 Å². The molecule has 2 aromatic heterocycles. The molecule has 3 rings (SSSR count). The van der Waals surface area contributed by atoms with E-state index in [-0.39, 0.29) is 0 Å². The van der Waals surface area contributed by atoms with Gasteiger partial charge in [-0.1, -0.05) is 18.2 Å². The molecule has 0 radical (unpaired) electrons. The smallest absolute Gasteiger partial charge is 0.129 e. The zero-order valence-corrected chi connectivity index (χ0v) is 13.6. The topological polar surface area (TPSA) is 43.8 Å². The van der Waals surface area contributed by atoms with Crippen LogP contribution in [-0.4, -0.2) is 9.78 Å². The van der Waals surface area contributed by atoms with Crippen LogP contribution in [0.1, 0.15) is 16.7 Å². The van der Waals surface area contributed by atoms with Crippen LogP contribution in [0.2, 0.25) is 0 Å². The molecule has 0 fully saturated rings. The van der Waals surface area contributed by atoms with Crippen LogP contribution in [0.4, 0.5) is 5.82 Å². The molecule has 3 aromatic rings. The van der Waals surface area contributed by atoms with Crippen LogP contribution in [0.25, 0.3) is 21.7 Å². The third kappa shape index (κ3) is 2.25. The highest BCUT2D eigenvalue weighted by Gasteiger charge is 2.19. The monoisotopic (exact) mass is 297 g/mol. The fourth-order valence-corrected chi connectivity index (χ4v) is 3.41. The van der Waals surface area contributed by atoms with Crippen molar-refractivity contribution in [1.82, 2.24) is 9.78 Å². The first kappa shape index (κ1) is 13.9. The summed E-state index contributed by atoms with van der Waals surface area (Å²) >= 11 is 1.71. The number of aryl methyl sites for hydroxylation is 4. The lowest BCUT2D eigenvalue weighted by molar-refractivity contribution is 0.783. The molecular formula is C17H19N3S. The van der Waals surface area contributed by atoms with Gasteiger partial charge in [-0.05, 0) is 54.5 Å². The minimum atomic E-state index is 0.709. The second-order valence-electron chi connectivity index (χ2n) is 5.46. The molecule has 2 N–H and O–H groups in total. The lowest BCUT2D eigenvalue weighted by Crippen LogP contribution is -1.98. The molecule has 0 unspecified atom stereocenters. The fourth-order valence-electron chi connectivity index (χ4n) is 2.49. The third-order valence-electron chi connectivity index (χ3n) is 3.96. The first-order valence-corrected chi connectivity index (χ1v) is 7.81. The van der Waals surface area contributed by atoms with E-state index in [2.05, 4.69) is 55.5 Å². The van der Waals surface area contributed by atoms with Crippen LogP contribution in [0.3, 0.4) is 0 Å². The van der Waals surface area contributed by atoms with Gasteiger partial charge < -0.3 is 5.73 Å². The quantitative estimate of drug-likeness (QED) is 0.765. The Morgan fingerprint density at radius 1 is 1.05 bits per heavy atom. The van der Waals surface area contributed by atoms with Gasteiger partial charge in [-0.3, -0.25) is 4.68 Å². The molecule has 0 atom stereocenters. The summed E-state index contributed by atoms with van der Waals surface area (Å²) in [6.07, 6.45) is 0. The summed E-state index contributed by atoms with van der Waals surface area (Å²) in [5.74, 6) is 0.709. The molecular weight excluding hydrogens is 278 g/mol. The van der Waals surface area contributed by atoms with Crippen LogP contribution in [-0.2, 0) is 7.05 Å². The molecule has 0 aliphatic heterocycles. The first-order chi connectivity index (χ1) is 9.99. The second-order valence-corrected chi connectivity index (χ2v) is 6.38. The molecule has 0 saturated carbocycles. The summed E-state index contributed by atoms with van der Waals surface area (Å²) in [4.78, 5) is 1.19. The Labute approximate surface area is 129 Å². The van der Waals surface area contributed by atoms with E-state index in [1.165, 1.54) is 21.6 Å². The Hall–Kier alpha value is -2.07. The predicted octanol–water partition coefficient (Wildman–Crippen LogP) is 4.32. The van der Waals surface area contributed by atoms with Gasteiger partial charge in [-0.2, -0.15) is 5.10 Å². The summed E-state index contributed by atoms with van der Waals surface area (Å²) < 4.78 is 1.76. The van der Waals surface area contributed by atoms with Gasteiger partial charge in [0.15, 0.2) is 0 Å². The van der Waals surface area contributed by atoms with E-state index in [4.69, 9.17) is 5.73 Å². The van der Waals surface area contributed by atoms with Crippen molar-refractivity contribution in [3.63, 3.8) is 0 Å². The summed E-state index contributed by atoms with van der Waals surface area (Å²) in [6.45, 7) is 6.36. The number of nitrogens with two attached hydrogens (primary N) is 1. The third-order valence-corrected chi connectivity index (χ3v) is 4.99. The summed E-state index contributed by atoms with van der Waals surface area (Å²) in [5.41, 5.74) is 13.2. The minimum Gasteiger partial charge on any atom is -0.383 e. The molecule has 4 heteroatoms. The number of thiophene rings is 1. The van der Waals surface area contributed by atoms with Gasteiger partial charge >= 0.3 is 0 Å². The normalized spacial score (nSPS) is 11.0.